The predicted molar refractivity (Wildman–Crippen MR) is 97.0 cm³/mol. The molecule has 2 saturated heterocycles. The maximum atomic E-state index is 12.4. The van der Waals surface area contributed by atoms with E-state index in [1.807, 2.05) is 0 Å². The number of benzene rings is 1. The highest BCUT2D eigenvalue weighted by Gasteiger charge is 2.46. The summed E-state index contributed by atoms with van der Waals surface area (Å²) in [6.07, 6.45) is 10.8. The van der Waals surface area contributed by atoms with Crippen LogP contribution in [0.4, 0.5) is 0 Å². The standard InChI is InChI=1S/C20H30O2S/c1-2-3-4-5-7-16-10-12-17(13-11-16)20(21)14-18-8-6-9-19(15-20)23(18)22/h10-13,18-19,21H,2-9,14-15H2,1H3. The average Bonchev–Trinajstić information content (AvgIpc) is 2.54. The van der Waals surface area contributed by atoms with Crippen LogP contribution in [0.3, 0.4) is 0 Å². The summed E-state index contributed by atoms with van der Waals surface area (Å²) < 4.78 is 12.4. The topological polar surface area (TPSA) is 37.3 Å². The molecule has 3 heteroatoms. The van der Waals surface area contributed by atoms with Crippen LogP contribution in [0.5, 0.6) is 0 Å². The Hall–Kier alpha value is -0.670. The van der Waals surface area contributed by atoms with Crippen LogP contribution in [0.1, 0.15) is 75.8 Å². The second kappa shape index (κ2) is 7.48. The van der Waals surface area contributed by atoms with Crippen molar-refractivity contribution in [2.24, 2.45) is 0 Å². The summed E-state index contributed by atoms with van der Waals surface area (Å²) >= 11 is 0. The quantitative estimate of drug-likeness (QED) is 0.780. The molecule has 3 rings (SSSR count). The van der Waals surface area contributed by atoms with Gasteiger partial charge in [-0.15, -0.1) is 0 Å². The van der Waals surface area contributed by atoms with E-state index >= 15 is 0 Å². The Morgan fingerprint density at radius 2 is 1.74 bits per heavy atom. The maximum absolute atomic E-state index is 12.4. The lowest BCUT2D eigenvalue weighted by Gasteiger charge is -2.43. The Balaban J connectivity index is 1.65. The van der Waals surface area contributed by atoms with Crippen LogP contribution in [-0.2, 0) is 22.8 Å². The first-order chi connectivity index (χ1) is 11.1. The third-order valence-corrected chi connectivity index (χ3v) is 7.77. The molecule has 2 heterocycles. The highest BCUT2D eigenvalue weighted by molar-refractivity contribution is 7.86. The first-order valence-corrected chi connectivity index (χ1v) is 10.6. The zero-order chi connectivity index (χ0) is 16.3. The van der Waals surface area contributed by atoms with Gasteiger partial charge in [-0.05, 0) is 49.7 Å². The van der Waals surface area contributed by atoms with Crippen LogP contribution in [-0.4, -0.2) is 19.8 Å². The number of unbranched alkanes of at least 4 members (excludes halogenated alkanes) is 3. The smallest absolute Gasteiger partial charge is 0.0919 e. The van der Waals surface area contributed by atoms with E-state index in [1.54, 1.807) is 0 Å². The third-order valence-electron chi connectivity index (χ3n) is 5.65. The summed E-state index contributed by atoms with van der Waals surface area (Å²) in [5.41, 5.74) is 1.64. The number of rotatable bonds is 6. The zero-order valence-corrected chi connectivity index (χ0v) is 15.1. The van der Waals surface area contributed by atoms with Crippen molar-refractivity contribution < 1.29 is 9.32 Å². The molecular weight excluding hydrogens is 304 g/mol. The largest absolute Gasteiger partial charge is 0.385 e. The fourth-order valence-electron chi connectivity index (χ4n) is 4.26. The Morgan fingerprint density at radius 1 is 1.09 bits per heavy atom. The summed E-state index contributed by atoms with van der Waals surface area (Å²) in [6.45, 7) is 2.24. The molecule has 1 N–H and O–H groups in total. The van der Waals surface area contributed by atoms with Gasteiger partial charge in [0, 0.05) is 21.3 Å². The van der Waals surface area contributed by atoms with Crippen molar-refractivity contribution in [3.05, 3.63) is 35.4 Å². The lowest BCUT2D eigenvalue weighted by atomic mass is 9.80. The van der Waals surface area contributed by atoms with Crippen molar-refractivity contribution >= 4 is 10.8 Å². The van der Waals surface area contributed by atoms with Crippen molar-refractivity contribution in [3.8, 4) is 0 Å². The van der Waals surface area contributed by atoms with Gasteiger partial charge in [-0.2, -0.15) is 0 Å². The molecule has 2 atom stereocenters. The predicted octanol–water partition coefficient (Wildman–Crippen LogP) is 4.46. The van der Waals surface area contributed by atoms with Gasteiger partial charge >= 0.3 is 0 Å². The normalized spacial score (nSPS) is 33.6. The lowest BCUT2D eigenvalue weighted by molar-refractivity contribution is 0.00653. The molecule has 1 aromatic rings. The summed E-state index contributed by atoms with van der Waals surface area (Å²) in [7, 11) is -0.727. The Morgan fingerprint density at radius 3 is 2.35 bits per heavy atom. The minimum absolute atomic E-state index is 0.196. The molecule has 0 radical (unpaired) electrons. The number of hydrogen-bond donors (Lipinski definition) is 1. The molecule has 1 aromatic carbocycles. The third kappa shape index (κ3) is 3.88. The SMILES string of the molecule is CCCCCCc1ccc(C2(O)CC3CCCC(C2)S3=O)cc1. The molecule has 2 bridgehead atoms. The first kappa shape index (κ1) is 17.2. The second-order valence-corrected chi connectivity index (χ2v) is 9.44. The van der Waals surface area contributed by atoms with Crippen LogP contribution >= 0.6 is 0 Å². The van der Waals surface area contributed by atoms with Gasteiger partial charge in [0.05, 0.1) is 5.60 Å². The van der Waals surface area contributed by atoms with Crippen molar-refractivity contribution in [1.29, 1.82) is 0 Å². The number of hydrogen-bond acceptors (Lipinski definition) is 2. The molecule has 0 spiro atoms. The van der Waals surface area contributed by atoms with Gasteiger partial charge < -0.3 is 5.11 Å². The summed E-state index contributed by atoms with van der Waals surface area (Å²) in [6, 6.07) is 8.58. The van der Waals surface area contributed by atoms with E-state index in [0.29, 0.717) is 12.8 Å². The molecule has 23 heavy (non-hydrogen) atoms. The minimum atomic E-state index is -0.760. The van der Waals surface area contributed by atoms with Gasteiger partial charge in [-0.1, -0.05) is 56.9 Å². The number of fused-ring (bicyclic) bond motifs is 2. The fraction of sp³-hybridized carbons (Fsp3) is 0.700. The van der Waals surface area contributed by atoms with Crippen LogP contribution in [0.25, 0.3) is 0 Å². The van der Waals surface area contributed by atoms with Gasteiger partial charge in [-0.25, -0.2) is 0 Å². The molecule has 2 aliphatic heterocycles. The highest BCUT2D eigenvalue weighted by Crippen LogP contribution is 2.44. The maximum Gasteiger partial charge on any atom is 0.0919 e. The van der Waals surface area contributed by atoms with Crippen LogP contribution < -0.4 is 0 Å². The molecule has 2 unspecified atom stereocenters. The molecule has 2 fully saturated rings. The number of aliphatic hydroxyl groups is 1. The summed E-state index contributed by atoms with van der Waals surface area (Å²) in [5, 5.41) is 11.6. The van der Waals surface area contributed by atoms with Gasteiger partial charge in [0.15, 0.2) is 0 Å². The van der Waals surface area contributed by atoms with Crippen molar-refractivity contribution in [2.45, 2.75) is 87.2 Å². The first-order valence-electron chi connectivity index (χ1n) is 9.33. The van der Waals surface area contributed by atoms with Gasteiger partial charge in [-0.3, -0.25) is 4.21 Å². The van der Waals surface area contributed by atoms with Crippen molar-refractivity contribution in [2.75, 3.05) is 0 Å². The molecule has 0 aliphatic carbocycles. The minimum Gasteiger partial charge on any atom is -0.385 e. The zero-order valence-electron chi connectivity index (χ0n) is 14.3. The highest BCUT2D eigenvalue weighted by atomic mass is 32.2. The van der Waals surface area contributed by atoms with Crippen molar-refractivity contribution in [1.82, 2.24) is 0 Å². The molecular formula is C20H30O2S. The Labute approximate surface area is 143 Å². The fourth-order valence-corrected chi connectivity index (χ4v) is 6.48. The molecule has 0 amide bonds. The molecule has 2 aliphatic rings. The second-order valence-electron chi connectivity index (χ2n) is 7.45. The summed E-state index contributed by atoms with van der Waals surface area (Å²) in [5.74, 6) is 0. The van der Waals surface area contributed by atoms with E-state index in [4.69, 9.17) is 0 Å². The van der Waals surface area contributed by atoms with Crippen LogP contribution in [0, 0.1) is 0 Å². The molecule has 0 saturated carbocycles. The Kier molecular flexibility index (Phi) is 5.58. The van der Waals surface area contributed by atoms with Gasteiger partial charge in [0.1, 0.15) is 0 Å². The molecule has 0 aromatic heterocycles. The Bertz CT molecular complexity index is 521. The van der Waals surface area contributed by atoms with E-state index in [-0.39, 0.29) is 10.5 Å². The van der Waals surface area contributed by atoms with E-state index in [0.717, 1.165) is 24.8 Å². The summed E-state index contributed by atoms with van der Waals surface area (Å²) in [4.78, 5) is 0. The van der Waals surface area contributed by atoms with E-state index in [9.17, 15) is 9.32 Å². The van der Waals surface area contributed by atoms with E-state index in [1.165, 1.54) is 37.7 Å². The van der Waals surface area contributed by atoms with E-state index in [2.05, 4.69) is 31.2 Å². The van der Waals surface area contributed by atoms with Gasteiger partial charge in [0.25, 0.3) is 0 Å². The van der Waals surface area contributed by atoms with Gasteiger partial charge in [0.2, 0.25) is 0 Å². The molecule has 2 nitrogen and oxygen atoms in total. The van der Waals surface area contributed by atoms with Crippen LogP contribution in [0.2, 0.25) is 0 Å². The van der Waals surface area contributed by atoms with E-state index < -0.39 is 16.4 Å². The van der Waals surface area contributed by atoms with Crippen molar-refractivity contribution in [3.63, 3.8) is 0 Å². The number of aryl methyl sites for hydroxylation is 1. The van der Waals surface area contributed by atoms with Crippen LogP contribution in [0.15, 0.2) is 24.3 Å². The monoisotopic (exact) mass is 334 g/mol. The molecule has 128 valence electrons. The lowest BCUT2D eigenvalue weighted by Crippen LogP contribution is -2.47. The average molecular weight is 335 g/mol.